The lowest BCUT2D eigenvalue weighted by atomic mass is 9.79. The minimum Gasteiger partial charge on any atom is -0.496 e. The highest BCUT2D eigenvalue weighted by atomic mass is 35.5. The third-order valence-corrected chi connectivity index (χ3v) is 6.54. The first-order chi connectivity index (χ1) is 16.3. The highest BCUT2D eigenvalue weighted by Crippen LogP contribution is 2.33. The fraction of sp³-hybridized carbons (Fsp3) is 0.375. The molecule has 2 aromatic carbocycles. The molecular formula is C24H28ClFN6O2. The zero-order valence-electron chi connectivity index (χ0n) is 19.2. The Hall–Kier alpha value is -3.01. The van der Waals surface area contributed by atoms with Crippen molar-refractivity contribution in [3.8, 4) is 5.75 Å². The number of rotatable bonds is 8. The smallest absolute Gasteiger partial charge is 0.226 e. The van der Waals surface area contributed by atoms with Gasteiger partial charge in [0.1, 0.15) is 17.9 Å². The number of amides is 1. The Balaban J connectivity index is 1.65. The average Bonchev–Trinajstić information content (AvgIpc) is 2.82. The Morgan fingerprint density at radius 3 is 2.91 bits per heavy atom. The van der Waals surface area contributed by atoms with Crippen LogP contribution in [0, 0.1) is 11.2 Å². The molecule has 0 aliphatic carbocycles. The Kier molecular flexibility index (Phi) is 7.16. The fourth-order valence-electron chi connectivity index (χ4n) is 4.52. The summed E-state index contributed by atoms with van der Waals surface area (Å²) < 4.78 is 20.1. The first-order valence-corrected chi connectivity index (χ1v) is 11.4. The second-order valence-corrected chi connectivity index (χ2v) is 9.13. The van der Waals surface area contributed by atoms with E-state index in [1.54, 1.807) is 19.2 Å². The number of hydrogen-bond donors (Lipinski definition) is 3. The number of methoxy groups -OCH3 is 1. The van der Waals surface area contributed by atoms with Crippen LogP contribution in [0.2, 0.25) is 5.02 Å². The molecule has 1 unspecified atom stereocenters. The highest BCUT2D eigenvalue weighted by molar-refractivity contribution is 6.31. The van der Waals surface area contributed by atoms with Crippen molar-refractivity contribution in [1.82, 2.24) is 20.2 Å². The number of nitrogens with one attached hydrogen (secondary N) is 2. The summed E-state index contributed by atoms with van der Waals surface area (Å²) in [4.78, 5) is 23.0. The summed E-state index contributed by atoms with van der Waals surface area (Å²) in [5, 5.41) is 7.05. The van der Waals surface area contributed by atoms with E-state index >= 15 is 0 Å². The van der Waals surface area contributed by atoms with Crippen molar-refractivity contribution in [3.05, 3.63) is 53.1 Å². The number of ether oxygens (including phenoxy) is 1. The van der Waals surface area contributed by atoms with Crippen molar-refractivity contribution in [3.63, 3.8) is 0 Å². The number of benzene rings is 2. The number of aromatic nitrogens is 2. The SMILES string of the molecule is COc1cc2ncnc(Nc3cccc(Cl)c3F)c2cc1CN(C)CC1(C(N)=O)CCCNC1. The van der Waals surface area contributed by atoms with Gasteiger partial charge < -0.3 is 26.0 Å². The summed E-state index contributed by atoms with van der Waals surface area (Å²) in [6, 6.07) is 8.49. The zero-order valence-corrected chi connectivity index (χ0v) is 20.0. The van der Waals surface area contributed by atoms with Crippen LogP contribution in [0.1, 0.15) is 18.4 Å². The minimum atomic E-state index is -0.614. The summed E-state index contributed by atoms with van der Waals surface area (Å²) >= 11 is 5.93. The van der Waals surface area contributed by atoms with Crippen molar-refractivity contribution in [1.29, 1.82) is 0 Å². The number of piperidine rings is 1. The highest BCUT2D eigenvalue weighted by Gasteiger charge is 2.39. The van der Waals surface area contributed by atoms with E-state index in [-0.39, 0.29) is 16.6 Å². The topological polar surface area (TPSA) is 105 Å². The molecule has 1 aliphatic heterocycles. The Morgan fingerprint density at radius 2 is 2.21 bits per heavy atom. The molecule has 0 saturated carbocycles. The lowest BCUT2D eigenvalue weighted by Gasteiger charge is -2.38. The summed E-state index contributed by atoms with van der Waals surface area (Å²) in [5.41, 5.74) is 6.93. The number of halogens is 2. The first kappa shape index (κ1) is 24.1. The maximum absolute atomic E-state index is 14.5. The molecule has 4 N–H and O–H groups in total. The molecule has 1 saturated heterocycles. The van der Waals surface area contributed by atoms with Gasteiger partial charge in [0.25, 0.3) is 0 Å². The van der Waals surface area contributed by atoms with E-state index in [1.807, 2.05) is 19.2 Å². The molecule has 2 heterocycles. The third kappa shape index (κ3) is 4.91. The van der Waals surface area contributed by atoms with Crippen LogP contribution in [0.5, 0.6) is 5.75 Å². The Labute approximate surface area is 202 Å². The van der Waals surface area contributed by atoms with Gasteiger partial charge in [-0.1, -0.05) is 17.7 Å². The molecule has 8 nitrogen and oxygen atoms in total. The number of primary amides is 1. The first-order valence-electron chi connectivity index (χ1n) is 11.0. The number of carbonyl (C=O) groups excluding carboxylic acids is 1. The summed E-state index contributed by atoms with van der Waals surface area (Å²) in [6.07, 6.45) is 3.06. The maximum atomic E-state index is 14.5. The van der Waals surface area contributed by atoms with Gasteiger partial charge in [-0.15, -0.1) is 0 Å². The van der Waals surface area contributed by atoms with Gasteiger partial charge in [-0.3, -0.25) is 4.79 Å². The largest absolute Gasteiger partial charge is 0.496 e. The van der Waals surface area contributed by atoms with Gasteiger partial charge in [-0.2, -0.15) is 0 Å². The van der Waals surface area contributed by atoms with Gasteiger partial charge in [-0.05, 0) is 44.6 Å². The van der Waals surface area contributed by atoms with Gasteiger partial charge in [0.05, 0.1) is 28.8 Å². The predicted octanol–water partition coefficient (Wildman–Crippen LogP) is 3.46. The fourth-order valence-corrected chi connectivity index (χ4v) is 4.70. The van der Waals surface area contributed by atoms with E-state index in [9.17, 15) is 9.18 Å². The normalized spacial score (nSPS) is 18.3. The molecule has 34 heavy (non-hydrogen) atoms. The zero-order chi connectivity index (χ0) is 24.3. The van der Waals surface area contributed by atoms with Crippen LogP contribution in [-0.4, -0.2) is 54.6 Å². The molecule has 180 valence electrons. The monoisotopic (exact) mass is 486 g/mol. The van der Waals surface area contributed by atoms with Crippen LogP contribution < -0.4 is 21.1 Å². The molecular weight excluding hydrogens is 459 g/mol. The van der Waals surface area contributed by atoms with E-state index in [2.05, 4.69) is 25.5 Å². The summed E-state index contributed by atoms with van der Waals surface area (Å²) in [7, 11) is 3.55. The quantitative estimate of drug-likeness (QED) is 0.447. The molecule has 0 spiro atoms. The van der Waals surface area contributed by atoms with Gasteiger partial charge in [0, 0.05) is 36.7 Å². The van der Waals surface area contributed by atoms with Crippen molar-refractivity contribution >= 4 is 39.9 Å². The van der Waals surface area contributed by atoms with Crippen LogP contribution in [0.3, 0.4) is 0 Å². The molecule has 1 aromatic heterocycles. The summed E-state index contributed by atoms with van der Waals surface area (Å²) in [5.74, 6) is 0.262. The lowest BCUT2D eigenvalue weighted by Crippen LogP contribution is -2.54. The molecule has 0 bridgehead atoms. The van der Waals surface area contributed by atoms with E-state index in [0.717, 1.165) is 24.9 Å². The number of fused-ring (bicyclic) bond motifs is 1. The van der Waals surface area contributed by atoms with Crippen LogP contribution in [0.25, 0.3) is 10.9 Å². The maximum Gasteiger partial charge on any atom is 0.226 e. The summed E-state index contributed by atoms with van der Waals surface area (Å²) in [6.45, 7) is 2.48. The second-order valence-electron chi connectivity index (χ2n) is 8.73. The van der Waals surface area contributed by atoms with Gasteiger partial charge >= 0.3 is 0 Å². The second kappa shape index (κ2) is 10.1. The molecule has 1 aliphatic rings. The molecule has 3 aromatic rings. The van der Waals surface area contributed by atoms with Gasteiger partial charge in [-0.25, -0.2) is 14.4 Å². The predicted molar refractivity (Wildman–Crippen MR) is 131 cm³/mol. The molecule has 1 amide bonds. The number of hydrogen-bond acceptors (Lipinski definition) is 7. The molecule has 1 atom stereocenters. The lowest BCUT2D eigenvalue weighted by molar-refractivity contribution is -0.129. The van der Waals surface area contributed by atoms with Crippen molar-refractivity contribution in [2.45, 2.75) is 19.4 Å². The van der Waals surface area contributed by atoms with Crippen LogP contribution in [0.15, 0.2) is 36.7 Å². The van der Waals surface area contributed by atoms with Crippen LogP contribution in [-0.2, 0) is 11.3 Å². The van der Waals surface area contributed by atoms with Crippen molar-refractivity contribution in [2.75, 3.05) is 39.1 Å². The molecule has 0 radical (unpaired) electrons. The van der Waals surface area contributed by atoms with Gasteiger partial charge in [0.2, 0.25) is 5.91 Å². The number of anilines is 2. The van der Waals surface area contributed by atoms with Crippen molar-refractivity contribution < 1.29 is 13.9 Å². The van der Waals surface area contributed by atoms with Crippen LogP contribution >= 0.6 is 11.6 Å². The van der Waals surface area contributed by atoms with E-state index in [4.69, 9.17) is 22.1 Å². The third-order valence-electron chi connectivity index (χ3n) is 6.25. The Bertz CT molecular complexity index is 1200. The number of carbonyl (C=O) groups is 1. The van der Waals surface area contributed by atoms with E-state index in [0.29, 0.717) is 42.1 Å². The van der Waals surface area contributed by atoms with Crippen molar-refractivity contribution in [2.24, 2.45) is 11.1 Å². The van der Waals surface area contributed by atoms with E-state index in [1.165, 1.54) is 12.4 Å². The molecule has 10 heteroatoms. The minimum absolute atomic E-state index is 0.0212. The van der Waals surface area contributed by atoms with Gasteiger partial charge in [0.15, 0.2) is 5.82 Å². The molecule has 4 rings (SSSR count). The Morgan fingerprint density at radius 1 is 1.38 bits per heavy atom. The standard InChI is InChI=1S/C24H28ClFN6O2/c1-32(13-24(23(27)33)7-4-8-28-12-24)11-15-9-16-19(10-20(15)34-2)29-14-30-22(16)31-18-6-3-5-17(25)21(18)26/h3,5-6,9-10,14,28H,4,7-8,11-13H2,1-2H3,(H2,27,33)(H,29,30,31). The average molecular weight is 487 g/mol. The molecule has 1 fully saturated rings. The van der Waals surface area contributed by atoms with Crippen LogP contribution in [0.4, 0.5) is 15.9 Å². The number of nitrogens with two attached hydrogens (primary N) is 1. The number of nitrogens with zero attached hydrogens (tertiary/aromatic N) is 3. The van der Waals surface area contributed by atoms with E-state index < -0.39 is 11.2 Å².